The Balaban J connectivity index is 1.18. The minimum atomic E-state index is 0.566. The predicted molar refractivity (Wildman–Crippen MR) is 229 cm³/mol. The van der Waals surface area contributed by atoms with Gasteiger partial charge >= 0.3 is 0 Å². The first-order valence-corrected chi connectivity index (χ1v) is 18.8. The van der Waals surface area contributed by atoms with Gasteiger partial charge in [0, 0.05) is 43.8 Å². The van der Waals surface area contributed by atoms with Crippen molar-refractivity contribution in [2.75, 3.05) is 0 Å². The molecule has 3 aromatic heterocycles. The summed E-state index contributed by atoms with van der Waals surface area (Å²) in [5, 5.41) is 11.0. The first-order valence-electron chi connectivity index (χ1n) is 18.8. The smallest absolute Gasteiger partial charge is 0.164 e. The molecule has 9 aromatic carbocycles. The Morgan fingerprint density at radius 1 is 0.304 bits per heavy atom. The monoisotopic (exact) mass is 715 g/mol. The van der Waals surface area contributed by atoms with E-state index in [9.17, 15) is 0 Å². The summed E-state index contributed by atoms with van der Waals surface area (Å²) in [4.78, 5) is 16.1. The number of nitrogens with zero attached hydrogens (tertiary/aromatic N) is 3. The van der Waals surface area contributed by atoms with Crippen LogP contribution in [0.15, 0.2) is 185 Å². The van der Waals surface area contributed by atoms with E-state index in [1.54, 1.807) is 0 Å². The lowest BCUT2D eigenvalue weighted by atomic mass is 9.93. The third-order valence-corrected chi connectivity index (χ3v) is 11.1. The largest absolute Gasteiger partial charge is 0.456 e. The van der Waals surface area contributed by atoms with Crippen LogP contribution in [0.2, 0.25) is 0 Å². The van der Waals surface area contributed by atoms with Crippen LogP contribution in [0.5, 0.6) is 0 Å². The fourth-order valence-corrected chi connectivity index (χ4v) is 8.64. The quantitative estimate of drug-likeness (QED) is 0.170. The lowest BCUT2D eigenvalue weighted by Gasteiger charge is -2.14. The summed E-state index contributed by atoms with van der Waals surface area (Å²) in [7, 11) is 0. The van der Waals surface area contributed by atoms with E-state index in [-0.39, 0.29) is 0 Å². The summed E-state index contributed by atoms with van der Waals surface area (Å²) in [5.41, 5.74) is 8.03. The van der Waals surface area contributed by atoms with Crippen LogP contribution >= 0.6 is 0 Å². The lowest BCUT2D eigenvalue weighted by Crippen LogP contribution is -2.01. The number of fused-ring (bicyclic) bond motifs is 11. The Morgan fingerprint density at radius 2 is 0.839 bits per heavy atom. The minimum absolute atomic E-state index is 0.566. The zero-order chi connectivity index (χ0) is 36.7. The molecule has 0 saturated heterocycles. The number of benzene rings is 9. The second-order valence-corrected chi connectivity index (χ2v) is 14.3. The zero-order valence-corrected chi connectivity index (χ0v) is 29.9. The molecule has 0 fully saturated rings. The molecule has 3 heterocycles. The summed E-state index contributed by atoms with van der Waals surface area (Å²) >= 11 is 0. The van der Waals surface area contributed by atoms with Gasteiger partial charge in [0.25, 0.3) is 0 Å². The zero-order valence-electron chi connectivity index (χ0n) is 29.9. The van der Waals surface area contributed by atoms with Gasteiger partial charge in [-0.25, -0.2) is 15.0 Å². The van der Waals surface area contributed by atoms with Crippen LogP contribution in [-0.4, -0.2) is 15.0 Å². The average molecular weight is 716 g/mol. The van der Waals surface area contributed by atoms with Crippen LogP contribution in [0.1, 0.15) is 0 Å². The van der Waals surface area contributed by atoms with E-state index < -0.39 is 0 Å². The molecular weight excluding hydrogens is 687 g/mol. The van der Waals surface area contributed by atoms with Gasteiger partial charge in [-0.2, -0.15) is 0 Å². The van der Waals surface area contributed by atoms with Crippen molar-refractivity contribution in [2.24, 2.45) is 0 Å². The van der Waals surface area contributed by atoms with Crippen molar-refractivity contribution in [3.8, 4) is 45.3 Å². The van der Waals surface area contributed by atoms with Crippen molar-refractivity contribution in [3.05, 3.63) is 176 Å². The van der Waals surface area contributed by atoms with Crippen molar-refractivity contribution in [1.29, 1.82) is 0 Å². The van der Waals surface area contributed by atoms with Gasteiger partial charge in [0.2, 0.25) is 0 Å². The fourth-order valence-electron chi connectivity index (χ4n) is 8.64. The molecule has 56 heavy (non-hydrogen) atoms. The Hall–Kier alpha value is -7.63. The molecule has 260 valence electrons. The molecular formula is C51H29N3O2. The van der Waals surface area contributed by atoms with Crippen molar-refractivity contribution in [3.63, 3.8) is 0 Å². The molecule has 12 rings (SSSR count). The summed E-state index contributed by atoms with van der Waals surface area (Å²) in [6.07, 6.45) is 0. The highest BCUT2D eigenvalue weighted by Gasteiger charge is 2.22. The van der Waals surface area contributed by atoms with Gasteiger partial charge in [0.15, 0.2) is 17.5 Å². The number of hydrogen-bond donors (Lipinski definition) is 0. The Morgan fingerprint density at radius 3 is 1.62 bits per heavy atom. The number of furan rings is 2. The van der Waals surface area contributed by atoms with E-state index in [1.807, 2.05) is 48.5 Å². The van der Waals surface area contributed by atoms with Gasteiger partial charge < -0.3 is 8.83 Å². The number of hydrogen-bond acceptors (Lipinski definition) is 5. The second kappa shape index (κ2) is 11.9. The SMILES string of the molecule is c1ccc(-c2cccc3c2oc2cccc(-c4nc(-c5cc6ccc7ccccc7c6c6ccccc56)nc(-c5cccc6oc7ccccc7c56)n4)c23)cc1. The molecule has 5 nitrogen and oxygen atoms in total. The highest BCUT2D eigenvalue weighted by molar-refractivity contribution is 6.23. The Bertz CT molecular complexity index is 3550. The average Bonchev–Trinajstić information content (AvgIpc) is 3.85. The topological polar surface area (TPSA) is 65.0 Å². The summed E-state index contributed by atoms with van der Waals surface area (Å²) in [5.74, 6) is 1.73. The van der Waals surface area contributed by atoms with Crippen LogP contribution in [0.25, 0.3) is 121 Å². The first kappa shape index (κ1) is 30.8. The molecule has 5 heteroatoms. The fraction of sp³-hybridized carbons (Fsp3) is 0. The van der Waals surface area contributed by atoms with Gasteiger partial charge in [-0.3, -0.25) is 0 Å². The van der Waals surface area contributed by atoms with Crippen LogP contribution < -0.4 is 0 Å². The molecule has 0 aliphatic heterocycles. The summed E-state index contributed by atoms with van der Waals surface area (Å²) in [6, 6.07) is 60.9. The van der Waals surface area contributed by atoms with Gasteiger partial charge in [-0.15, -0.1) is 0 Å². The van der Waals surface area contributed by atoms with Gasteiger partial charge in [0.1, 0.15) is 22.3 Å². The van der Waals surface area contributed by atoms with Crippen LogP contribution in [-0.2, 0) is 0 Å². The van der Waals surface area contributed by atoms with E-state index in [0.717, 1.165) is 87.9 Å². The number of aromatic nitrogens is 3. The van der Waals surface area contributed by atoms with Crippen LogP contribution in [0.3, 0.4) is 0 Å². The molecule has 0 N–H and O–H groups in total. The molecule has 0 unspecified atom stereocenters. The Labute approximate surface area is 320 Å². The minimum Gasteiger partial charge on any atom is -0.456 e. The molecule has 0 aliphatic rings. The third kappa shape index (κ3) is 4.58. The van der Waals surface area contributed by atoms with Crippen LogP contribution in [0.4, 0.5) is 0 Å². The Kier molecular flexibility index (Phi) is 6.56. The number of para-hydroxylation sites is 2. The van der Waals surface area contributed by atoms with Crippen molar-refractivity contribution in [2.45, 2.75) is 0 Å². The highest BCUT2D eigenvalue weighted by Crippen LogP contribution is 2.43. The van der Waals surface area contributed by atoms with Gasteiger partial charge in [-0.05, 0) is 62.1 Å². The molecule has 0 spiro atoms. The van der Waals surface area contributed by atoms with Crippen molar-refractivity contribution < 1.29 is 8.83 Å². The van der Waals surface area contributed by atoms with E-state index in [4.69, 9.17) is 23.8 Å². The molecule has 0 radical (unpaired) electrons. The molecule has 12 aromatic rings. The van der Waals surface area contributed by atoms with E-state index in [2.05, 4.69) is 127 Å². The molecule has 0 atom stereocenters. The highest BCUT2D eigenvalue weighted by atomic mass is 16.3. The standard InChI is InChI=1S/C51H29N3O2/c1-2-13-30(14-3-1)34-20-10-21-38-47-40(23-12-26-44(47)56-48(34)38)50-52-49(39-22-11-25-43-46(39)37-19-8-9-24-42(37)55-43)53-51(54-50)41-29-32-28-27-31-15-4-5-16-33(31)45(32)36-18-7-6-17-35(36)41/h1-29H. The molecule has 0 saturated carbocycles. The van der Waals surface area contributed by atoms with Gasteiger partial charge in [-0.1, -0.05) is 152 Å². The number of rotatable bonds is 4. The van der Waals surface area contributed by atoms with Crippen molar-refractivity contribution in [1.82, 2.24) is 15.0 Å². The molecule has 0 amide bonds. The van der Waals surface area contributed by atoms with Crippen LogP contribution in [0, 0.1) is 0 Å². The molecule has 0 bridgehead atoms. The van der Waals surface area contributed by atoms with E-state index in [1.165, 1.54) is 16.2 Å². The first-order chi connectivity index (χ1) is 27.8. The third-order valence-electron chi connectivity index (χ3n) is 11.1. The maximum Gasteiger partial charge on any atom is 0.164 e. The van der Waals surface area contributed by atoms with E-state index >= 15 is 0 Å². The summed E-state index contributed by atoms with van der Waals surface area (Å²) in [6.45, 7) is 0. The lowest BCUT2D eigenvalue weighted by molar-refractivity contribution is 0.669. The van der Waals surface area contributed by atoms with E-state index in [0.29, 0.717) is 17.5 Å². The maximum absolute atomic E-state index is 6.68. The molecule has 0 aliphatic carbocycles. The van der Waals surface area contributed by atoms with Gasteiger partial charge in [0.05, 0.1) is 0 Å². The second-order valence-electron chi connectivity index (χ2n) is 14.3. The van der Waals surface area contributed by atoms with Crippen molar-refractivity contribution >= 4 is 76.2 Å². The predicted octanol–water partition coefficient (Wildman–Crippen LogP) is 13.8. The maximum atomic E-state index is 6.68. The summed E-state index contributed by atoms with van der Waals surface area (Å²) < 4.78 is 13.0. The normalized spacial score (nSPS) is 11.9.